The molecule has 10 heavy (non-hydrogen) atoms. The van der Waals surface area contributed by atoms with Gasteiger partial charge in [-0.05, 0) is 0 Å². The van der Waals surface area contributed by atoms with Crippen LogP contribution in [0.4, 0.5) is 26.3 Å². The molecule has 7 heteroatoms. The van der Waals surface area contributed by atoms with Crippen LogP contribution in [0.1, 0.15) is 0 Å². The average molecular weight is 184 g/mol. The highest BCUT2D eigenvalue weighted by atomic mass is 31.0. The zero-order chi connectivity index (χ0) is 8.58. The van der Waals surface area contributed by atoms with Gasteiger partial charge in [0.25, 0.3) is 11.8 Å². The van der Waals surface area contributed by atoms with Gasteiger partial charge in [0.05, 0.1) is 0 Å². The highest BCUT2D eigenvalue weighted by Gasteiger charge is 2.59. The van der Waals surface area contributed by atoms with Crippen LogP contribution in [0.25, 0.3) is 0 Å². The topological polar surface area (TPSA) is 0 Å². The monoisotopic (exact) mass is 184 g/mol. The molecule has 0 radical (unpaired) electrons. The molecule has 0 aromatic carbocycles. The van der Waals surface area contributed by atoms with Gasteiger partial charge >= 0.3 is 6.18 Å². The maximum Gasteiger partial charge on any atom is 0.431 e. The van der Waals surface area contributed by atoms with E-state index in [1.807, 2.05) is 0 Å². The van der Waals surface area contributed by atoms with Crippen molar-refractivity contribution in [1.82, 2.24) is 0 Å². The van der Waals surface area contributed by atoms with Crippen molar-refractivity contribution in [2.45, 2.75) is 18.0 Å². The minimum Gasteiger partial charge on any atom is -0.223 e. The lowest BCUT2D eigenvalue weighted by Gasteiger charge is -2.21. The molecule has 2 unspecified atom stereocenters. The van der Waals surface area contributed by atoms with Gasteiger partial charge in [-0.2, -0.15) is 13.2 Å². The van der Waals surface area contributed by atoms with Crippen LogP contribution < -0.4 is 0 Å². The van der Waals surface area contributed by atoms with Gasteiger partial charge in [0.15, 0.2) is 0 Å². The van der Waals surface area contributed by atoms with Crippen molar-refractivity contribution in [2.24, 2.45) is 0 Å². The molecule has 0 bridgehead atoms. The van der Waals surface area contributed by atoms with Crippen LogP contribution in [-0.4, -0.2) is 18.0 Å². The summed E-state index contributed by atoms with van der Waals surface area (Å²) in [5, 5.41) is -4.48. The molecule has 0 fully saturated rings. The van der Waals surface area contributed by atoms with Crippen molar-refractivity contribution in [2.75, 3.05) is 0 Å². The molecule has 0 rings (SSSR count). The second kappa shape index (κ2) is 2.57. The van der Waals surface area contributed by atoms with Crippen molar-refractivity contribution in [1.29, 1.82) is 0 Å². The summed E-state index contributed by atoms with van der Waals surface area (Å²) in [4.78, 5) is 0. The van der Waals surface area contributed by atoms with Gasteiger partial charge < -0.3 is 0 Å². The minimum atomic E-state index is -5.54. The molecule has 0 aromatic heterocycles. The third-order valence-electron chi connectivity index (χ3n) is 0.752. The fraction of sp³-hybridized carbons (Fsp3) is 1.00. The summed E-state index contributed by atoms with van der Waals surface area (Å²) in [7, 11) is 0.435. The highest BCUT2D eigenvalue weighted by molar-refractivity contribution is 7.18. The molecule has 0 aromatic rings. The standard InChI is InChI=1S/C3H3F6P/c4-1(5)2(6,10)3(7,8)9/h1H,10H2. The van der Waals surface area contributed by atoms with Gasteiger partial charge in [0.2, 0.25) is 0 Å². The molecule has 0 N–H and O–H groups in total. The number of halogens is 6. The molecule has 0 saturated heterocycles. The number of hydrogen-bond acceptors (Lipinski definition) is 0. The van der Waals surface area contributed by atoms with E-state index >= 15 is 0 Å². The summed E-state index contributed by atoms with van der Waals surface area (Å²) >= 11 is 0. The first-order valence-corrected chi connectivity index (χ1v) is 2.60. The summed E-state index contributed by atoms with van der Waals surface area (Å²) in [6.07, 6.45) is -9.61. The fourth-order valence-electron chi connectivity index (χ4n) is 0.124. The molecule has 2 atom stereocenters. The first-order valence-electron chi connectivity index (χ1n) is 2.02. The smallest absolute Gasteiger partial charge is 0.223 e. The Morgan fingerprint density at radius 2 is 1.30 bits per heavy atom. The maximum absolute atomic E-state index is 11.8. The molecule has 0 heterocycles. The van der Waals surface area contributed by atoms with E-state index in [-0.39, 0.29) is 0 Å². The zero-order valence-electron chi connectivity index (χ0n) is 4.42. The third kappa shape index (κ3) is 1.75. The molecule has 0 amide bonds. The van der Waals surface area contributed by atoms with E-state index in [9.17, 15) is 26.3 Å². The Kier molecular flexibility index (Phi) is 2.57. The van der Waals surface area contributed by atoms with Crippen molar-refractivity contribution >= 4 is 9.24 Å². The molecule has 0 saturated carbocycles. The first-order chi connectivity index (χ1) is 4.19. The molecular formula is C3H3F6P. The van der Waals surface area contributed by atoms with Crippen molar-refractivity contribution < 1.29 is 26.3 Å². The Balaban J connectivity index is 4.40. The quantitative estimate of drug-likeness (QED) is 0.433. The lowest BCUT2D eigenvalue weighted by Crippen LogP contribution is -2.41. The SMILES string of the molecule is FC(F)C(F)(P)C(F)(F)F. The van der Waals surface area contributed by atoms with Gasteiger partial charge in [0.1, 0.15) is 0 Å². The lowest BCUT2D eigenvalue weighted by atomic mass is 10.4. The molecule has 0 aliphatic rings. The van der Waals surface area contributed by atoms with Crippen LogP contribution in [0.15, 0.2) is 0 Å². The summed E-state index contributed by atoms with van der Waals surface area (Å²) in [6.45, 7) is 0. The van der Waals surface area contributed by atoms with Crippen molar-refractivity contribution in [3.8, 4) is 0 Å². The largest absolute Gasteiger partial charge is 0.431 e. The minimum absolute atomic E-state index is 0.435. The second-order valence-corrected chi connectivity index (χ2v) is 2.41. The fourth-order valence-corrected chi connectivity index (χ4v) is 0.124. The van der Waals surface area contributed by atoms with E-state index in [1.165, 1.54) is 0 Å². The Bertz CT molecular complexity index is 115. The average Bonchev–Trinajstić information content (AvgIpc) is 1.62. The zero-order valence-corrected chi connectivity index (χ0v) is 5.58. The van der Waals surface area contributed by atoms with Crippen LogP contribution in [0.3, 0.4) is 0 Å². The van der Waals surface area contributed by atoms with Gasteiger partial charge in [-0.3, -0.25) is 0 Å². The molecule has 0 aliphatic heterocycles. The highest BCUT2D eigenvalue weighted by Crippen LogP contribution is 2.43. The van der Waals surface area contributed by atoms with E-state index in [2.05, 4.69) is 0 Å². The van der Waals surface area contributed by atoms with E-state index < -0.39 is 18.0 Å². The van der Waals surface area contributed by atoms with E-state index in [1.54, 1.807) is 0 Å². The van der Waals surface area contributed by atoms with Crippen LogP contribution in [0.5, 0.6) is 0 Å². The Hall–Kier alpha value is 0.01000. The molecule has 62 valence electrons. The molecule has 0 spiro atoms. The maximum atomic E-state index is 11.8. The van der Waals surface area contributed by atoms with E-state index in [0.29, 0.717) is 9.24 Å². The summed E-state index contributed by atoms with van der Waals surface area (Å²) < 4.78 is 67.8. The first kappa shape index (κ1) is 10.0. The predicted octanol–water partition coefficient (Wildman–Crippen LogP) is 2.35. The second-order valence-electron chi connectivity index (χ2n) is 1.57. The van der Waals surface area contributed by atoms with Crippen LogP contribution in [0.2, 0.25) is 0 Å². The van der Waals surface area contributed by atoms with Gasteiger partial charge in [0, 0.05) is 0 Å². The number of rotatable bonds is 1. The summed E-state index contributed by atoms with van der Waals surface area (Å²) in [5.74, 6) is 0. The van der Waals surface area contributed by atoms with Crippen LogP contribution in [-0.2, 0) is 0 Å². The number of hydrogen-bond donors (Lipinski definition) is 0. The van der Waals surface area contributed by atoms with Crippen LogP contribution in [0, 0.1) is 0 Å². The Morgan fingerprint density at radius 1 is 1.00 bits per heavy atom. The lowest BCUT2D eigenvalue weighted by molar-refractivity contribution is -0.228. The summed E-state index contributed by atoms with van der Waals surface area (Å²) in [6, 6.07) is 0. The molecule has 0 nitrogen and oxygen atoms in total. The van der Waals surface area contributed by atoms with E-state index in [0.717, 1.165) is 0 Å². The van der Waals surface area contributed by atoms with Gasteiger partial charge in [-0.25, -0.2) is 13.2 Å². The van der Waals surface area contributed by atoms with Gasteiger partial charge in [-0.15, -0.1) is 0 Å². The molecular weight excluding hydrogens is 181 g/mol. The normalized spacial score (nSPS) is 19.2. The van der Waals surface area contributed by atoms with Crippen molar-refractivity contribution in [3.63, 3.8) is 0 Å². The van der Waals surface area contributed by atoms with Crippen molar-refractivity contribution in [3.05, 3.63) is 0 Å². The predicted molar refractivity (Wildman–Crippen MR) is 25.6 cm³/mol. The molecule has 0 aliphatic carbocycles. The summed E-state index contributed by atoms with van der Waals surface area (Å²) in [5.41, 5.74) is 0. The third-order valence-corrected chi connectivity index (χ3v) is 1.33. The Labute approximate surface area is 54.8 Å². The van der Waals surface area contributed by atoms with Crippen LogP contribution >= 0.6 is 9.24 Å². The number of alkyl halides is 6. The Morgan fingerprint density at radius 3 is 1.30 bits per heavy atom. The van der Waals surface area contributed by atoms with Gasteiger partial charge in [-0.1, -0.05) is 9.24 Å². The van der Waals surface area contributed by atoms with E-state index in [4.69, 9.17) is 0 Å².